The summed E-state index contributed by atoms with van der Waals surface area (Å²) in [5.74, 6) is -1.02. The predicted molar refractivity (Wildman–Crippen MR) is 55.6 cm³/mol. The van der Waals surface area contributed by atoms with E-state index < -0.39 is 12.1 Å². The molecule has 0 saturated carbocycles. The van der Waals surface area contributed by atoms with Crippen molar-refractivity contribution in [3.05, 3.63) is 0 Å². The summed E-state index contributed by atoms with van der Waals surface area (Å²) in [7, 11) is 2.55. The van der Waals surface area contributed by atoms with Crippen molar-refractivity contribution < 1.29 is 29.0 Å². The van der Waals surface area contributed by atoms with Crippen molar-refractivity contribution in [2.75, 3.05) is 14.2 Å². The Balaban J connectivity index is 0. The number of aliphatic hydroxyl groups excluding tert-OH is 1. The van der Waals surface area contributed by atoms with Gasteiger partial charge in [-0.2, -0.15) is 0 Å². The van der Waals surface area contributed by atoms with Gasteiger partial charge in [0.25, 0.3) is 0 Å². The average Bonchev–Trinajstić information content (AvgIpc) is 2.16. The SMILES string of the molecule is COC(=O)CC(C)=O.COC(=O)CC(C)O. The molecule has 0 spiro atoms. The van der Waals surface area contributed by atoms with Gasteiger partial charge in [-0.25, -0.2) is 0 Å². The summed E-state index contributed by atoms with van der Waals surface area (Å²) in [6.07, 6.45) is -0.630. The van der Waals surface area contributed by atoms with Crippen LogP contribution in [0.15, 0.2) is 0 Å². The minimum Gasteiger partial charge on any atom is -0.469 e. The third-order valence-corrected chi connectivity index (χ3v) is 1.31. The molecule has 6 heteroatoms. The van der Waals surface area contributed by atoms with Gasteiger partial charge in [-0.15, -0.1) is 0 Å². The van der Waals surface area contributed by atoms with Gasteiger partial charge in [0.1, 0.15) is 12.2 Å². The van der Waals surface area contributed by atoms with Crippen molar-refractivity contribution in [2.24, 2.45) is 0 Å². The molecule has 0 aromatic heterocycles. The van der Waals surface area contributed by atoms with Gasteiger partial charge in [0.15, 0.2) is 0 Å². The minimum absolute atomic E-state index is 0.0799. The maximum Gasteiger partial charge on any atom is 0.313 e. The number of carbonyl (C=O) groups excluding carboxylic acids is 3. The molecule has 94 valence electrons. The van der Waals surface area contributed by atoms with Crippen LogP contribution in [0.25, 0.3) is 0 Å². The van der Waals surface area contributed by atoms with Crippen LogP contribution in [0, 0.1) is 0 Å². The predicted octanol–water partition coefficient (Wildman–Crippen LogP) is 0.0688. The molecule has 6 nitrogen and oxygen atoms in total. The Labute approximate surface area is 94.5 Å². The van der Waals surface area contributed by atoms with Crippen LogP contribution >= 0.6 is 0 Å². The number of esters is 2. The largest absolute Gasteiger partial charge is 0.469 e. The van der Waals surface area contributed by atoms with Crippen molar-refractivity contribution in [1.29, 1.82) is 0 Å². The van der Waals surface area contributed by atoms with Crippen LogP contribution in [0.5, 0.6) is 0 Å². The highest BCUT2D eigenvalue weighted by atomic mass is 16.5. The van der Waals surface area contributed by atoms with E-state index in [0.717, 1.165) is 0 Å². The van der Waals surface area contributed by atoms with E-state index in [2.05, 4.69) is 9.47 Å². The molecular formula is C10H18O6. The van der Waals surface area contributed by atoms with Crippen molar-refractivity contribution in [3.8, 4) is 0 Å². The fraction of sp³-hybridized carbons (Fsp3) is 0.700. The Kier molecular flexibility index (Phi) is 10.7. The van der Waals surface area contributed by atoms with E-state index in [1.165, 1.54) is 28.1 Å². The van der Waals surface area contributed by atoms with Crippen LogP contribution in [-0.2, 0) is 23.9 Å². The summed E-state index contributed by atoms with van der Waals surface area (Å²) >= 11 is 0. The Morgan fingerprint density at radius 3 is 1.69 bits per heavy atom. The van der Waals surface area contributed by atoms with Gasteiger partial charge < -0.3 is 14.6 Å². The van der Waals surface area contributed by atoms with Gasteiger partial charge in [-0.3, -0.25) is 14.4 Å². The zero-order valence-electron chi connectivity index (χ0n) is 9.98. The number of hydrogen-bond donors (Lipinski definition) is 1. The first-order valence-corrected chi connectivity index (χ1v) is 4.64. The first-order chi connectivity index (χ1) is 7.33. The second-order valence-corrected chi connectivity index (χ2v) is 3.08. The number of ketones is 1. The Bertz CT molecular complexity index is 233. The van der Waals surface area contributed by atoms with Crippen molar-refractivity contribution in [2.45, 2.75) is 32.8 Å². The van der Waals surface area contributed by atoms with Crippen molar-refractivity contribution in [3.63, 3.8) is 0 Å². The molecule has 0 fully saturated rings. The van der Waals surface area contributed by atoms with Crippen LogP contribution in [-0.4, -0.2) is 43.2 Å². The quantitative estimate of drug-likeness (QED) is 0.546. The van der Waals surface area contributed by atoms with E-state index in [1.807, 2.05) is 0 Å². The maximum atomic E-state index is 10.2. The molecule has 0 amide bonds. The molecule has 0 aromatic carbocycles. The van der Waals surface area contributed by atoms with Gasteiger partial charge in [0.05, 0.1) is 26.7 Å². The first-order valence-electron chi connectivity index (χ1n) is 4.64. The molecule has 1 unspecified atom stereocenters. The summed E-state index contributed by atoms with van der Waals surface area (Å²) < 4.78 is 8.46. The number of methoxy groups -OCH3 is 2. The van der Waals surface area contributed by atoms with Gasteiger partial charge >= 0.3 is 11.9 Å². The van der Waals surface area contributed by atoms with E-state index in [9.17, 15) is 14.4 Å². The highest BCUT2D eigenvalue weighted by Crippen LogP contribution is 1.89. The molecule has 0 aliphatic heterocycles. The Morgan fingerprint density at radius 2 is 1.56 bits per heavy atom. The zero-order chi connectivity index (χ0) is 13.1. The molecule has 0 saturated heterocycles. The smallest absolute Gasteiger partial charge is 0.313 e. The number of carbonyl (C=O) groups is 3. The van der Waals surface area contributed by atoms with Gasteiger partial charge in [0, 0.05) is 0 Å². The van der Waals surface area contributed by atoms with Crippen LogP contribution < -0.4 is 0 Å². The molecule has 0 aliphatic rings. The summed E-state index contributed by atoms with van der Waals surface area (Å²) in [6, 6.07) is 0. The van der Waals surface area contributed by atoms with Crippen molar-refractivity contribution in [1.82, 2.24) is 0 Å². The lowest BCUT2D eigenvalue weighted by atomic mass is 10.3. The molecule has 0 heterocycles. The molecule has 16 heavy (non-hydrogen) atoms. The third kappa shape index (κ3) is 15.1. The molecule has 0 bridgehead atoms. The van der Waals surface area contributed by atoms with Gasteiger partial charge in [-0.05, 0) is 13.8 Å². The number of hydrogen-bond acceptors (Lipinski definition) is 6. The van der Waals surface area contributed by atoms with Crippen LogP contribution in [0.3, 0.4) is 0 Å². The Hall–Kier alpha value is -1.43. The fourth-order valence-electron chi connectivity index (χ4n) is 0.600. The summed E-state index contributed by atoms with van der Waals surface area (Å²) in [5, 5.41) is 8.55. The molecule has 1 atom stereocenters. The Morgan fingerprint density at radius 1 is 1.12 bits per heavy atom. The van der Waals surface area contributed by atoms with Crippen molar-refractivity contribution >= 4 is 17.7 Å². The first kappa shape index (κ1) is 17.0. The zero-order valence-corrected chi connectivity index (χ0v) is 9.98. The third-order valence-electron chi connectivity index (χ3n) is 1.31. The van der Waals surface area contributed by atoms with Gasteiger partial charge in [0.2, 0.25) is 0 Å². The van der Waals surface area contributed by atoms with Crippen LogP contribution in [0.1, 0.15) is 26.7 Å². The standard InChI is InChI=1S/C5H10O3.C5H8O3/c2*1-4(6)3-5(7)8-2/h4,6H,3H2,1-2H3;3H2,1-2H3. The lowest BCUT2D eigenvalue weighted by Gasteiger charge is -1.99. The normalized spacial score (nSPS) is 10.6. The fourth-order valence-corrected chi connectivity index (χ4v) is 0.600. The second-order valence-electron chi connectivity index (χ2n) is 3.08. The lowest BCUT2D eigenvalue weighted by Crippen LogP contribution is -2.10. The molecule has 0 aromatic rings. The van der Waals surface area contributed by atoms with Gasteiger partial charge in [-0.1, -0.05) is 0 Å². The van der Waals surface area contributed by atoms with Crippen LogP contribution in [0.2, 0.25) is 0 Å². The van der Waals surface area contributed by atoms with Crippen LogP contribution in [0.4, 0.5) is 0 Å². The molecule has 0 rings (SSSR count). The number of ether oxygens (including phenoxy) is 2. The molecule has 1 N–H and O–H groups in total. The minimum atomic E-state index is -0.595. The monoisotopic (exact) mass is 234 g/mol. The molecule has 0 aliphatic carbocycles. The number of Topliss-reactive ketones (excluding diaryl/α,β-unsaturated/α-hetero) is 1. The average molecular weight is 234 g/mol. The highest BCUT2D eigenvalue weighted by molar-refractivity contribution is 5.93. The molecular weight excluding hydrogens is 216 g/mol. The van der Waals surface area contributed by atoms with E-state index >= 15 is 0 Å². The topological polar surface area (TPSA) is 89.9 Å². The van der Waals surface area contributed by atoms with E-state index in [1.54, 1.807) is 0 Å². The van der Waals surface area contributed by atoms with E-state index in [4.69, 9.17) is 5.11 Å². The summed E-state index contributed by atoms with van der Waals surface area (Å²) in [6.45, 7) is 2.88. The van der Waals surface area contributed by atoms with E-state index in [-0.39, 0.29) is 24.6 Å². The lowest BCUT2D eigenvalue weighted by molar-refractivity contribution is -0.144. The summed E-state index contributed by atoms with van der Waals surface area (Å²) in [5.41, 5.74) is 0. The van der Waals surface area contributed by atoms with E-state index in [0.29, 0.717) is 0 Å². The maximum absolute atomic E-state index is 10.2. The summed E-state index contributed by atoms with van der Waals surface area (Å²) in [4.78, 5) is 30.5. The number of aliphatic hydroxyl groups is 1. The highest BCUT2D eigenvalue weighted by Gasteiger charge is 2.03. The molecule has 0 radical (unpaired) electrons. The number of rotatable bonds is 4. The second kappa shape index (κ2) is 10.1.